The standard InChI is InChI=1S/C18H16N6OS/c1-11-9-12(2)24-17(20-11)22-18(23-24)26-10-16(25)21-15-7-3-6-14-13(15)5-4-8-19-14/h3-9H,10H2,1-2H3,(H,21,25). The van der Waals surface area contributed by atoms with E-state index in [0.717, 1.165) is 28.0 Å². The first-order chi connectivity index (χ1) is 12.6. The predicted octanol–water partition coefficient (Wildman–Crippen LogP) is 3.02. The molecule has 0 aliphatic heterocycles. The number of carbonyl (C=O) groups excluding carboxylic acids is 1. The minimum Gasteiger partial charge on any atom is -0.325 e. The van der Waals surface area contributed by atoms with Gasteiger partial charge in [0.2, 0.25) is 11.1 Å². The number of amides is 1. The number of hydrogen-bond donors (Lipinski definition) is 1. The molecule has 3 aromatic heterocycles. The van der Waals surface area contributed by atoms with Gasteiger partial charge in [-0.1, -0.05) is 17.8 Å². The first kappa shape index (κ1) is 16.5. The third-order valence-corrected chi connectivity index (χ3v) is 4.69. The van der Waals surface area contributed by atoms with Gasteiger partial charge in [0.25, 0.3) is 5.78 Å². The van der Waals surface area contributed by atoms with E-state index in [-0.39, 0.29) is 11.7 Å². The van der Waals surface area contributed by atoms with Crippen LogP contribution in [0.5, 0.6) is 0 Å². The zero-order valence-electron chi connectivity index (χ0n) is 14.3. The number of rotatable bonds is 4. The normalized spacial score (nSPS) is 11.2. The molecule has 0 unspecified atom stereocenters. The Hall–Kier alpha value is -3.00. The lowest BCUT2D eigenvalue weighted by Crippen LogP contribution is -2.14. The maximum Gasteiger partial charge on any atom is 0.253 e. The van der Waals surface area contributed by atoms with Crippen LogP contribution in [0, 0.1) is 13.8 Å². The number of nitrogens with zero attached hydrogens (tertiary/aromatic N) is 5. The molecule has 0 aliphatic carbocycles. The van der Waals surface area contributed by atoms with Crippen molar-refractivity contribution in [3.8, 4) is 0 Å². The first-order valence-electron chi connectivity index (χ1n) is 8.07. The highest BCUT2D eigenvalue weighted by Gasteiger charge is 2.11. The van der Waals surface area contributed by atoms with Gasteiger partial charge in [-0.05, 0) is 44.2 Å². The molecule has 0 saturated heterocycles. The van der Waals surface area contributed by atoms with Gasteiger partial charge in [0, 0.05) is 23.0 Å². The second kappa shape index (κ2) is 6.72. The highest BCUT2D eigenvalue weighted by atomic mass is 32.2. The van der Waals surface area contributed by atoms with E-state index >= 15 is 0 Å². The van der Waals surface area contributed by atoms with E-state index in [0.29, 0.717) is 10.9 Å². The molecular weight excluding hydrogens is 348 g/mol. The molecule has 8 heteroatoms. The van der Waals surface area contributed by atoms with Crippen LogP contribution in [-0.4, -0.2) is 36.2 Å². The van der Waals surface area contributed by atoms with Gasteiger partial charge in [0.05, 0.1) is 17.0 Å². The van der Waals surface area contributed by atoms with Crippen molar-refractivity contribution in [3.05, 3.63) is 54.0 Å². The Bertz CT molecular complexity index is 1120. The number of aryl methyl sites for hydroxylation is 2. The van der Waals surface area contributed by atoms with E-state index in [2.05, 4.69) is 25.4 Å². The van der Waals surface area contributed by atoms with E-state index < -0.39 is 0 Å². The van der Waals surface area contributed by atoms with Crippen LogP contribution in [0.3, 0.4) is 0 Å². The Kier molecular flexibility index (Phi) is 4.26. The highest BCUT2D eigenvalue weighted by molar-refractivity contribution is 7.99. The molecule has 130 valence electrons. The lowest BCUT2D eigenvalue weighted by atomic mass is 10.2. The minimum absolute atomic E-state index is 0.119. The van der Waals surface area contributed by atoms with Crippen LogP contribution in [-0.2, 0) is 4.79 Å². The summed E-state index contributed by atoms with van der Waals surface area (Å²) in [7, 11) is 0. The fraction of sp³-hybridized carbons (Fsp3) is 0.167. The van der Waals surface area contributed by atoms with Gasteiger partial charge in [0.15, 0.2) is 0 Å². The van der Waals surface area contributed by atoms with Crippen LogP contribution < -0.4 is 5.32 Å². The highest BCUT2D eigenvalue weighted by Crippen LogP contribution is 2.22. The van der Waals surface area contributed by atoms with E-state index in [1.54, 1.807) is 10.7 Å². The molecule has 0 aliphatic rings. The van der Waals surface area contributed by atoms with E-state index in [4.69, 9.17) is 0 Å². The summed E-state index contributed by atoms with van der Waals surface area (Å²) in [6, 6.07) is 11.4. The number of fused-ring (bicyclic) bond motifs is 2. The van der Waals surface area contributed by atoms with Gasteiger partial charge in [-0.2, -0.15) is 4.98 Å². The number of nitrogens with one attached hydrogen (secondary N) is 1. The number of thioether (sulfide) groups is 1. The number of benzene rings is 1. The molecule has 0 radical (unpaired) electrons. The molecule has 1 amide bonds. The van der Waals surface area contributed by atoms with Crippen molar-refractivity contribution in [2.24, 2.45) is 0 Å². The van der Waals surface area contributed by atoms with Crippen LogP contribution in [0.1, 0.15) is 11.4 Å². The molecule has 1 N–H and O–H groups in total. The van der Waals surface area contributed by atoms with E-state index in [1.165, 1.54) is 11.8 Å². The number of anilines is 1. The van der Waals surface area contributed by atoms with Gasteiger partial charge < -0.3 is 5.32 Å². The zero-order chi connectivity index (χ0) is 18.1. The fourth-order valence-corrected chi connectivity index (χ4v) is 3.36. The molecule has 0 spiro atoms. The van der Waals surface area contributed by atoms with E-state index in [9.17, 15) is 4.79 Å². The van der Waals surface area contributed by atoms with Crippen LogP contribution in [0.25, 0.3) is 16.7 Å². The average molecular weight is 364 g/mol. The molecule has 7 nitrogen and oxygen atoms in total. The maximum absolute atomic E-state index is 12.3. The number of aromatic nitrogens is 5. The summed E-state index contributed by atoms with van der Waals surface area (Å²) in [4.78, 5) is 25.4. The summed E-state index contributed by atoms with van der Waals surface area (Å²) in [5, 5.41) is 8.77. The monoisotopic (exact) mass is 364 g/mol. The second-order valence-electron chi connectivity index (χ2n) is 5.86. The van der Waals surface area contributed by atoms with Crippen molar-refractivity contribution in [2.45, 2.75) is 19.0 Å². The van der Waals surface area contributed by atoms with Crippen molar-refractivity contribution < 1.29 is 4.79 Å². The first-order valence-corrected chi connectivity index (χ1v) is 9.06. The van der Waals surface area contributed by atoms with Crippen LogP contribution >= 0.6 is 11.8 Å². The van der Waals surface area contributed by atoms with Gasteiger partial charge in [-0.3, -0.25) is 9.78 Å². The van der Waals surface area contributed by atoms with Crippen molar-refractivity contribution >= 4 is 40.0 Å². The Morgan fingerprint density at radius 1 is 1.19 bits per heavy atom. The van der Waals surface area contributed by atoms with Crippen molar-refractivity contribution in [3.63, 3.8) is 0 Å². The van der Waals surface area contributed by atoms with Gasteiger partial charge in [0.1, 0.15) is 0 Å². The Balaban J connectivity index is 1.48. The Labute approximate surface area is 153 Å². The largest absolute Gasteiger partial charge is 0.325 e. The number of carbonyl (C=O) groups is 1. The molecule has 4 aromatic rings. The van der Waals surface area contributed by atoms with Crippen molar-refractivity contribution in [1.29, 1.82) is 0 Å². The quantitative estimate of drug-likeness (QED) is 0.560. The summed E-state index contributed by atoms with van der Waals surface area (Å²) in [6.07, 6.45) is 1.73. The summed E-state index contributed by atoms with van der Waals surface area (Å²) >= 11 is 1.28. The molecule has 0 saturated carbocycles. The Morgan fingerprint density at radius 3 is 2.96 bits per heavy atom. The molecule has 0 bridgehead atoms. The number of pyridine rings is 1. The average Bonchev–Trinajstić information content (AvgIpc) is 3.04. The van der Waals surface area contributed by atoms with Crippen molar-refractivity contribution in [2.75, 3.05) is 11.1 Å². The summed E-state index contributed by atoms with van der Waals surface area (Å²) in [6.45, 7) is 3.87. The third kappa shape index (κ3) is 3.23. The predicted molar refractivity (Wildman–Crippen MR) is 101 cm³/mol. The zero-order valence-corrected chi connectivity index (χ0v) is 15.1. The lowest BCUT2D eigenvalue weighted by molar-refractivity contribution is -0.113. The maximum atomic E-state index is 12.3. The Morgan fingerprint density at radius 2 is 2.08 bits per heavy atom. The van der Waals surface area contributed by atoms with Crippen LogP contribution in [0.2, 0.25) is 0 Å². The minimum atomic E-state index is -0.119. The topological polar surface area (TPSA) is 85.1 Å². The summed E-state index contributed by atoms with van der Waals surface area (Å²) in [5.41, 5.74) is 3.44. The van der Waals surface area contributed by atoms with E-state index in [1.807, 2.05) is 50.2 Å². The van der Waals surface area contributed by atoms with Crippen LogP contribution in [0.15, 0.2) is 47.8 Å². The molecule has 4 rings (SSSR count). The van der Waals surface area contributed by atoms with Gasteiger partial charge >= 0.3 is 0 Å². The molecule has 0 fully saturated rings. The summed E-state index contributed by atoms with van der Waals surface area (Å²) < 4.78 is 1.68. The molecule has 3 heterocycles. The lowest BCUT2D eigenvalue weighted by Gasteiger charge is -2.07. The fourth-order valence-electron chi connectivity index (χ4n) is 2.74. The molecule has 0 atom stereocenters. The van der Waals surface area contributed by atoms with Crippen molar-refractivity contribution in [1.82, 2.24) is 24.6 Å². The molecule has 26 heavy (non-hydrogen) atoms. The molecular formula is C18H16N6OS. The third-order valence-electron chi connectivity index (χ3n) is 3.85. The SMILES string of the molecule is Cc1cc(C)n2nc(SCC(=O)Nc3cccc4ncccc34)nc2n1. The number of hydrogen-bond acceptors (Lipinski definition) is 6. The van der Waals surface area contributed by atoms with Gasteiger partial charge in [-0.15, -0.1) is 5.10 Å². The second-order valence-corrected chi connectivity index (χ2v) is 6.80. The van der Waals surface area contributed by atoms with Gasteiger partial charge in [-0.25, -0.2) is 9.50 Å². The van der Waals surface area contributed by atoms with Crippen LogP contribution in [0.4, 0.5) is 5.69 Å². The molecule has 1 aromatic carbocycles. The smallest absolute Gasteiger partial charge is 0.253 e. The summed E-state index contributed by atoms with van der Waals surface area (Å²) in [5.74, 6) is 0.641.